The summed E-state index contributed by atoms with van der Waals surface area (Å²) in [5, 5.41) is 0.373. The lowest BCUT2D eigenvalue weighted by molar-refractivity contribution is -0.119. The van der Waals surface area contributed by atoms with Crippen molar-refractivity contribution in [2.75, 3.05) is 44.3 Å². The summed E-state index contributed by atoms with van der Waals surface area (Å²) in [6.07, 6.45) is 0.717. The van der Waals surface area contributed by atoms with Crippen molar-refractivity contribution in [2.24, 2.45) is 0 Å². The number of nitrogens with zero attached hydrogens (tertiary/aromatic N) is 3. The summed E-state index contributed by atoms with van der Waals surface area (Å²) < 4.78 is 34.2. The Labute approximate surface area is 225 Å². The number of benzene rings is 3. The number of carbonyl (C=O) groups is 1. The molecule has 0 unspecified atom stereocenters. The van der Waals surface area contributed by atoms with Gasteiger partial charge in [0.1, 0.15) is 11.3 Å². The minimum Gasteiger partial charge on any atom is -0.379 e. The first kappa shape index (κ1) is 27.1. The standard InChI is InChI=1S/C28H27F2N3O2S.ClH/c29-22-18-23(30)26-24(19-22)36-28(31-26)33(13-7-12-32-14-16-35-17-15-32)27(34)25(20-8-3-1-4-9-20)21-10-5-2-6-11-21;/h1-6,8-11,18-19,25H,7,12-17H2;1H. The summed E-state index contributed by atoms with van der Waals surface area (Å²) in [6, 6.07) is 21.3. The van der Waals surface area contributed by atoms with E-state index in [1.54, 1.807) is 4.90 Å². The van der Waals surface area contributed by atoms with E-state index in [1.165, 1.54) is 6.07 Å². The van der Waals surface area contributed by atoms with Crippen molar-refractivity contribution < 1.29 is 18.3 Å². The Bertz CT molecular complexity index is 1280. The Hall–Kier alpha value is -2.91. The second kappa shape index (κ2) is 12.6. The fourth-order valence-corrected chi connectivity index (χ4v) is 5.60. The summed E-state index contributed by atoms with van der Waals surface area (Å²) in [5.74, 6) is -2.08. The number of halogens is 3. The molecule has 1 fully saturated rings. The van der Waals surface area contributed by atoms with Crippen molar-refractivity contribution in [3.05, 3.63) is 95.6 Å². The fourth-order valence-electron chi connectivity index (χ4n) is 4.56. The number of fused-ring (bicyclic) bond motifs is 1. The van der Waals surface area contributed by atoms with E-state index >= 15 is 0 Å². The van der Waals surface area contributed by atoms with Crippen LogP contribution in [0, 0.1) is 11.6 Å². The lowest BCUT2D eigenvalue weighted by Gasteiger charge is -2.29. The highest BCUT2D eigenvalue weighted by Gasteiger charge is 2.30. The van der Waals surface area contributed by atoms with Gasteiger partial charge in [-0.25, -0.2) is 13.8 Å². The quantitative estimate of drug-likeness (QED) is 0.278. The highest BCUT2D eigenvalue weighted by atomic mass is 35.5. The molecule has 0 aliphatic carbocycles. The van der Waals surface area contributed by atoms with Crippen LogP contribution in [-0.2, 0) is 9.53 Å². The van der Waals surface area contributed by atoms with Crippen LogP contribution in [0.25, 0.3) is 10.2 Å². The predicted molar refractivity (Wildman–Crippen MR) is 146 cm³/mol. The lowest BCUT2D eigenvalue weighted by atomic mass is 9.90. The predicted octanol–water partition coefficient (Wildman–Crippen LogP) is 5.88. The van der Waals surface area contributed by atoms with Gasteiger partial charge < -0.3 is 4.74 Å². The number of ether oxygens (including phenoxy) is 1. The summed E-state index contributed by atoms with van der Waals surface area (Å²) in [4.78, 5) is 22.7. The molecule has 0 N–H and O–H groups in total. The lowest BCUT2D eigenvalue weighted by Crippen LogP contribution is -2.40. The number of amides is 1. The Morgan fingerprint density at radius 1 is 1.00 bits per heavy atom. The van der Waals surface area contributed by atoms with Crippen molar-refractivity contribution in [1.29, 1.82) is 0 Å². The summed E-state index contributed by atoms with van der Waals surface area (Å²) in [6.45, 7) is 4.34. The first-order valence-electron chi connectivity index (χ1n) is 12.1. The third kappa shape index (κ3) is 6.33. The Morgan fingerprint density at radius 3 is 2.24 bits per heavy atom. The van der Waals surface area contributed by atoms with Crippen molar-refractivity contribution in [3.8, 4) is 0 Å². The molecule has 1 aliphatic heterocycles. The monoisotopic (exact) mass is 543 g/mol. The van der Waals surface area contributed by atoms with Gasteiger partial charge in [0.25, 0.3) is 0 Å². The van der Waals surface area contributed by atoms with Gasteiger partial charge in [-0.3, -0.25) is 14.6 Å². The second-order valence-corrected chi connectivity index (χ2v) is 9.79. The van der Waals surface area contributed by atoms with E-state index in [1.807, 2.05) is 60.7 Å². The van der Waals surface area contributed by atoms with Crippen LogP contribution in [0.15, 0.2) is 72.8 Å². The molecule has 9 heteroatoms. The maximum atomic E-state index is 14.5. The molecule has 0 radical (unpaired) electrons. The molecule has 0 saturated carbocycles. The summed E-state index contributed by atoms with van der Waals surface area (Å²) in [5.41, 5.74) is 1.81. The van der Waals surface area contributed by atoms with E-state index in [0.717, 1.165) is 54.6 Å². The number of hydrogen-bond acceptors (Lipinski definition) is 5. The van der Waals surface area contributed by atoms with E-state index in [4.69, 9.17) is 4.74 Å². The molecule has 0 bridgehead atoms. The summed E-state index contributed by atoms with van der Waals surface area (Å²) in [7, 11) is 0. The number of hydrogen-bond donors (Lipinski definition) is 0. The molecule has 3 aromatic carbocycles. The molecule has 4 aromatic rings. The van der Waals surface area contributed by atoms with Gasteiger partial charge in [0.15, 0.2) is 10.9 Å². The van der Waals surface area contributed by atoms with E-state index in [-0.39, 0.29) is 23.8 Å². The van der Waals surface area contributed by atoms with E-state index in [9.17, 15) is 13.6 Å². The molecule has 37 heavy (non-hydrogen) atoms. The zero-order chi connectivity index (χ0) is 24.9. The van der Waals surface area contributed by atoms with Crippen LogP contribution in [0.4, 0.5) is 13.9 Å². The van der Waals surface area contributed by atoms with Gasteiger partial charge in [-0.2, -0.15) is 0 Å². The van der Waals surface area contributed by atoms with Crippen LogP contribution in [0.3, 0.4) is 0 Å². The van der Waals surface area contributed by atoms with Gasteiger partial charge >= 0.3 is 0 Å². The SMILES string of the molecule is Cl.O=C(C(c1ccccc1)c1ccccc1)N(CCCN1CCOCC1)c1nc2c(F)cc(F)cc2s1. The van der Waals surface area contributed by atoms with Gasteiger partial charge in [0.2, 0.25) is 5.91 Å². The number of thiazole rings is 1. The van der Waals surface area contributed by atoms with Gasteiger partial charge in [-0.1, -0.05) is 72.0 Å². The zero-order valence-electron chi connectivity index (χ0n) is 20.2. The molecule has 1 saturated heterocycles. The molecule has 1 aliphatic rings. The number of aromatic nitrogens is 1. The van der Waals surface area contributed by atoms with Gasteiger partial charge in [0.05, 0.1) is 23.8 Å². The van der Waals surface area contributed by atoms with Crippen LogP contribution in [0.5, 0.6) is 0 Å². The summed E-state index contributed by atoms with van der Waals surface area (Å²) >= 11 is 1.14. The molecule has 194 valence electrons. The maximum absolute atomic E-state index is 14.5. The fraction of sp³-hybridized carbons (Fsp3) is 0.286. The van der Waals surface area contributed by atoms with Crippen LogP contribution in [0.2, 0.25) is 0 Å². The third-order valence-corrected chi connectivity index (χ3v) is 7.40. The van der Waals surface area contributed by atoms with Gasteiger partial charge in [-0.05, 0) is 23.6 Å². The molecule has 1 aromatic heterocycles. The van der Waals surface area contributed by atoms with Crippen molar-refractivity contribution >= 4 is 45.0 Å². The van der Waals surface area contributed by atoms with Crippen molar-refractivity contribution in [3.63, 3.8) is 0 Å². The van der Waals surface area contributed by atoms with E-state index in [0.29, 0.717) is 29.6 Å². The Morgan fingerprint density at radius 2 is 1.62 bits per heavy atom. The number of rotatable bonds is 8. The average molecular weight is 544 g/mol. The first-order chi connectivity index (χ1) is 17.6. The average Bonchev–Trinajstić information content (AvgIpc) is 3.32. The number of carbonyl (C=O) groups excluding carboxylic acids is 1. The maximum Gasteiger partial charge on any atom is 0.240 e. The normalized spacial score (nSPS) is 14.0. The van der Waals surface area contributed by atoms with E-state index < -0.39 is 17.6 Å². The number of anilines is 1. The second-order valence-electron chi connectivity index (χ2n) is 8.78. The largest absolute Gasteiger partial charge is 0.379 e. The van der Waals surface area contributed by atoms with Crippen molar-refractivity contribution in [2.45, 2.75) is 12.3 Å². The molecule has 5 nitrogen and oxygen atoms in total. The van der Waals surface area contributed by atoms with E-state index in [2.05, 4.69) is 9.88 Å². The van der Waals surface area contributed by atoms with Crippen LogP contribution < -0.4 is 4.90 Å². The Balaban J connectivity index is 0.00000320. The molecular formula is C28H28ClF2N3O2S. The topological polar surface area (TPSA) is 45.7 Å². The zero-order valence-corrected chi connectivity index (χ0v) is 21.8. The minimum absolute atomic E-state index is 0. The molecule has 0 spiro atoms. The number of morpholine rings is 1. The van der Waals surface area contributed by atoms with Crippen LogP contribution in [0.1, 0.15) is 23.5 Å². The Kier molecular flexibility index (Phi) is 9.21. The molecule has 5 rings (SSSR count). The highest BCUT2D eigenvalue weighted by molar-refractivity contribution is 7.22. The first-order valence-corrected chi connectivity index (χ1v) is 12.9. The smallest absolute Gasteiger partial charge is 0.240 e. The highest BCUT2D eigenvalue weighted by Crippen LogP contribution is 2.35. The molecule has 1 amide bonds. The van der Waals surface area contributed by atoms with Crippen LogP contribution >= 0.6 is 23.7 Å². The minimum atomic E-state index is -0.726. The van der Waals surface area contributed by atoms with Gasteiger partial charge in [-0.15, -0.1) is 12.4 Å². The van der Waals surface area contributed by atoms with Crippen LogP contribution in [-0.4, -0.2) is 55.2 Å². The van der Waals surface area contributed by atoms with Crippen molar-refractivity contribution in [1.82, 2.24) is 9.88 Å². The molecule has 2 heterocycles. The molecule has 0 atom stereocenters. The molecular weight excluding hydrogens is 516 g/mol. The third-order valence-electron chi connectivity index (χ3n) is 6.37. The van der Waals surface area contributed by atoms with Gasteiger partial charge in [0, 0.05) is 32.2 Å².